The SMILES string of the molecule is Cc1cccc(NC(=O)CSCC2CNC2)c1C. The topological polar surface area (TPSA) is 41.1 Å². The zero-order valence-corrected chi connectivity index (χ0v) is 11.8. The van der Waals surface area contributed by atoms with E-state index in [2.05, 4.69) is 23.6 Å². The van der Waals surface area contributed by atoms with Crippen LogP contribution in [0.5, 0.6) is 0 Å². The molecule has 1 aliphatic heterocycles. The summed E-state index contributed by atoms with van der Waals surface area (Å²) in [6.45, 7) is 6.30. The van der Waals surface area contributed by atoms with Crippen molar-refractivity contribution in [3.8, 4) is 0 Å². The summed E-state index contributed by atoms with van der Waals surface area (Å²) in [5, 5.41) is 6.22. The van der Waals surface area contributed by atoms with E-state index >= 15 is 0 Å². The van der Waals surface area contributed by atoms with E-state index in [1.165, 1.54) is 5.56 Å². The van der Waals surface area contributed by atoms with Crippen LogP contribution in [0.3, 0.4) is 0 Å². The molecule has 1 aliphatic rings. The Bertz CT molecular complexity index is 430. The van der Waals surface area contributed by atoms with Gasteiger partial charge in [0.15, 0.2) is 0 Å². The van der Waals surface area contributed by atoms with Crippen LogP contribution in [0.15, 0.2) is 18.2 Å². The Balaban J connectivity index is 1.77. The van der Waals surface area contributed by atoms with E-state index < -0.39 is 0 Å². The number of amides is 1. The Morgan fingerprint density at radius 3 is 2.89 bits per heavy atom. The average Bonchev–Trinajstić information content (AvgIpc) is 2.28. The van der Waals surface area contributed by atoms with Crippen LogP contribution in [0.25, 0.3) is 0 Å². The summed E-state index contributed by atoms with van der Waals surface area (Å²) in [6, 6.07) is 6.00. The normalized spacial score (nSPS) is 15.2. The molecule has 0 spiro atoms. The second-order valence-electron chi connectivity index (χ2n) is 4.84. The Hall–Kier alpha value is -1.00. The average molecular weight is 264 g/mol. The number of hydrogen-bond donors (Lipinski definition) is 2. The molecule has 3 nitrogen and oxygen atoms in total. The quantitative estimate of drug-likeness (QED) is 0.856. The monoisotopic (exact) mass is 264 g/mol. The van der Waals surface area contributed by atoms with Crippen molar-refractivity contribution in [3.63, 3.8) is 0 Å². The molecule has 0 atom stereocenters. The third kappa shape index (κ3) is 3.50. The van der Waals surface area contributed by atoms with Crippen LogP contribution in [0, 0.1) is 19.8 Å². The van der Waals surface area contributed by atoms with E-state index in [1.54, 1.807) is 11.8 Å². The molecule has 0 saturated carbocycles. The molecule has 2 rings (SSSR count). The Morgan fingerprint density at radius 1 is 1.44 bits per heavy atom. The second-order valence-corrected chi connectivity index (χ2v) is 5.87. The number of carbonyl (C=O) groups excluding carboxylic acids is 1. The number of hydrogen-bond acceptors (Lipinski definition) is 3. The maximum Gasteiger partial charge on any atom is 0.234 e. The first-order valence-electron chi connectivity index (χ1n) is 6.31. The zero-order chi connectivity index (χ0) is 13.0. The fraction of sp³-hybridized carbons (Fsp3) is 0.500. The molecule has 0 radical (unpaired) electrons. The van der Waals surface area contributed by atoms with Crippen molar-refractivity contribution >= 4 is 23.4 Å². The predicted octanol–water partition coefficient (Wildman–Crippen LogP) is 2.19. The molecule has 1 aromatic rings. The van der Waals surface area contributed by atoms with Gasteiger partial charge in [-0.1, -0.05) is 12.1 Å². The highest BCUT2D eigenvalue weighted by Crippen LogP contribution is 2.18. The van der Waals surface area contributed by atoms with Crippen LogP contribution in [0.4, 0.5) is 5.69 Å². The van der Waals surface area contributed by atoms with Crippen molar-refractivity contribution < 1.29 is 4.79 Å². The van der Waals surface area contributed by atoms with Gasteiger partial charge >= 0.3 is 0 Å². The van der Waals surface area contributed by atoms with Crippen molar-refractivity contribution in [3.05, 3.63) is 29.3 Å². The standard InChI is InChI=1S/C14H20N2OS/c1-10-4-3-5-13(11(10)2)16-14(17)9-18-8-12-6-15-7-12/h3-5,12,15H,6-9H2,1-2H3,(H,16,17). The lowest BCUT2D eigenvalue weighted by atomic mass is 10.1. The lowest BCUT2D eigenvalue weighted by Gasteiger charge is -2.26. The molecule has 0 aliphatic carbocycles. The first-order chi connectivity index (χ1) is 8.66. The Morgan fingerprint density at radius 2 is 2.22 bits per heavy atom. The lowest BCUT2D eigenvalue weighted by Crippen LogP contribution is -2.43. The largest absolute Gasteiger partial charge is 0.325 e. The molecule has 0 bridgehead atoms. The van der Waals surface area contributed by atoms with Gasteiger partial charge < -0.3 is 10.6 Å². The number of thioether (sulfide) groups is 1. The van der Waals surface area contributed by atoms with Gasteiger partial charge in [-0.2, -0.15) is 11.8 Å². The van der Waals surface area contributed by atoms with Crippen LogP contribution < -0.4 is 10.6 Å². The Kier molecular flexibility index (Phi) is 4.66. The summed E-state index contributed by atoms with van der Waals surface area (Å²) in [5.41, 5.74) is 3.30. The van der Waals surface area contributed by atoms with Crippen LogP contribution >= 0.6 is 11.8 Å². The van der Waals surface area contributed by atoms with Crippen LogP contribution in [0.2, 0.25) is 0 Å². The van der Waals surface area contributed by atoms with E-state index in [1.807, 2.05) is 19.1 Å². The molecule has 4 heteroatoms. The maximum atomic E-state index is 11.8. The number of rotatable bonds is 5. The van der Waals surface area contributed by atoms with Crippen LogP contribution in [0.1, 0.15) is 11.1 Å². The van der Waals surface area contributed by atoms with Crippen molar-refractivity contribution in [1.82, 2.24) is 5.32 Å². The second kappa shape index (κ2) is 6.25. The molecule has 1 saturated heterocycles. The van der Waals surface area contributed by atoms with Gasteiger partial charge in [0.1, 0.15) is 0 Å². The number of nitrogens with one attached hydrogen (secondary N) is 2. The van der Waals surface area contributed by atoms with Gasteiger partial charge in [0.25, 0.3) is 0 Å². The van der Waals surface area contributed by atoms with Gasteiger partial charge in [-0.15, -0.1) is 0 Å². The number of aryl methyl sites for hydroxylation is 1. The third-order valence-electron chi connectivity index (χ3n) is 3.33. The predicted molar refractivity (Wildman–Crippen MR) is 78.2 cm³/mol. The summed E-state index contributed by atoms with van der Waals surface area (Å²) in [7, 11) is 0. The van der Waals surface area contributed by atoms with Crippen molar-refractivity contribution in [1.29, 1.82) is 0 Å². The van der Waals surface area contributed by atoms with Gasteiger partial charge in [0.05, 0.1) is 5.75 Å². The van der Waals surface area contributed by atoms with Gasteiger partial charge in [0.2, 0.25) is 5.91 Å². The van der Waals surface area contributed by atoms with Crippen molar-refractivity contribution in [2.45, 2.75) is 13.8 Å². The van der Waals surface area contributed by atoms with Gasteiger partial charge in [0, 0.05) is 5.69 Å². The molecule has 1 aromatic carbocycles. The zero-order valence-electron chi connectivity index (χ0n) is 11.0. The smallest absolute Gasteiger partial charge is 0.234 e. The van der Waals surface area contributed by atoms with Crippen molar-refractivity contribution in [2.24, 2.45) is 5.92 Å². The minimum atomic E-state index is 0.0981. The minimum Gasteiger partial charge on any atom is -0.325 e. The molecule has 98 valence electrons. The summed E-state index contributed by atoms with van der Waals surface area (Å²) in [6.07, 6.45) is 0. The Labute approximate surface area is 113 Å². The molecule has 1 amide bonds. The number of carbonyl (C=O) groups is 1. The minimum absolute atomic E-state index is 0.0981. The molecule has 2 N–H and O–H groups in total. The summed E-state index contributed by atoms with van der Waals surface area (Å²) < 4.78 is 0. The number of benzene rings is 1. The molecule has 0 unspecified atom stereocenters. The van der Waals surface area contributed by atoms with Gasteiger partial charge in [-0.3, -0.25) is 4.79 Å². The van der Waals surface area contributed by atoms with Crippen LogP contribution in [-0.4, -0.2) is 30.5 Å². The molecular formula is C14H20N2OS. The molecular weight excluding hydrogens is 244 g/mol. The van der Waals surface area contributed by atoms with E-state index in [0.717, 1.165) is 36.0 Å². The van der Waals surface area contributed by atoms with Crippen molar-refractivity contribution in [2.75, 3.05) is 29.9 Å². The fourth-order valence-corrected chi connectivity index (χ4v) is 2.80. The van der Waals surface area contributed by atoms with E-state index in [-0.39, 0.29) is 5.91 Å². The summed E-state index contributed by atoms with van der Waals surface area (Å²) in [5.74, 6) is 2.47. The first-order valence-corrected chi connectivity index (χ1v) is 7.47. The number of anilines is 1. The molecule has 1 heterocycles. The van der Waals surface area contributed by atoms with Gasteiger partial charge in [-0.05, 0) is 55.8 Å². The van der Waals surface area contributed by atoms with E-state index in [0.29, 0.717) is 5.75 Å². The molecule has 18 heavy (non-hydrogen) atoms. The summed E-state index contributed by atoms with van der Waals surface area (Å²) >= 11 is 1.72. The molecule has 1 fully saturated rings. The van der Waals surface area contributed by atoms with Gasteiger partial charge in [-0.25, -0.2) is 0 Å². The molecule has 0 aromatic heterocycles. The lowest BCUT2D eigenvalue weighted by molar-refractivity contribution is -0.113. The maximum absolute atomic E-state index is 11.8. The summed E-state index contributed by atoms with van der Waals surface area (Å²) in [4.78, 5) is 11.8. The highest BCUT2D eigenvalue weighted by atomic mass is 32.2. The highest BCUT2D eigenvalue weighted by Gasteiger charge is 2.16. The third-order valence-corrected chi connectivity index (χ3v) is 4.50. The highest BCUT2D eigenvalue weighted by molar-refractivity contribution is 7.99. The first kappa shape index (κ1) is 13.4. The fourth-order valence-electron chi connectivity index (χ4n) is 1.86. The van der Waals surface area contributed by atoms with E-state index in [9.17, 15) is 4.79 Å². The van der Waals surface area contributed by atoms with Crippen LogP contribution in [-0.2, 0) is 4.79 Å². The van der Waals surface area contributed by atoms with E-state index in [4.69, 9.17) is 0 Å².